The molecule has 9 heteroatoms. The average Bonchev–Trinajstić information content (AvgIpc) is 3.06. The van der Waals surface area contributed by atoms with E-state index in [1.807, 2.05) is 6.92 Å². The monoisotopic (exact) mass is 471 g/mol. The van der Waals surface area contributed by atoms with E-state index in [2.05, 4.69) is 47.3 Å². The Morgan fingerprint density at radius 2 is 2.03 bits per heavy atom. The van der Waals surface area contributed by atoms with Crippen molar-refractivity contribution in [2.24, 2.45) is 11.3 Å². The molecule has 0 spiro atoms. The number of alkyl halides is 2. The third kappa shape index (κ3) is 6.42. The van der Waals surface area contributed by atoms with Gasteiger partial charge in [0.2, 0.25) is 5.88 Å². The molecule has 0 aromatic carbocycles. The minimum Gasteiger partial charge on any atom is -0.416 e. The number of pyridine rings is 1. The van der Waals surface area contributed by atoms with Gasteiger partial charge in [-0.2, -0.15) is 8.78 Å². The predicted octanol–water partition coefficient (Wildman–Crippen LogP) is 5.92. The van der Waals surface area contributed by atoms with Crippen LogP contribution >= 0.6 is 11.3 Å². The third-order valence-corrected chi connectivity index (χ3v) is 6.95. The molecule has 0 amide bonds. The van der Waals surface area contributed by atoms with Crippen molar-refractivity contribution >= 4 is 11.3 Å². The molecule has 2 unspecified atom stereocenters. The summed E-state index contributed by atoms with van der Waals surface area (Å²) in [5.41, 5.74) is 1.09. The maximum absolute atomic E-state index is 13.8. The number of nitrogens with zero attached hydrogens (tertiary/aromatic N) is 3. The van der Waals surface area contributed by atoms with Gasteiger partial charge >= 0.3 is 6.61 Å². The molecule has 1 aliphatic rings. The van der Waals surface area contributed by atoms with E-state index in [1.54, 1.807) is 0 Å². The van der Waals surface area contributed by atoms with E-state index < -0.39 is 12.4 Å². The summed E-state index contributed by atoms with van der Waals surface area (Å²) in [6.07, 6.45) is 3.06. The molecule has 0 bridgehead atoms. The molecule has 0 radical (unpaired) electrons. The van der Waals surface area contributed by atoms with Gasteiger partial charge in [0, 0.05) is 31.1 Å². The summed E-state index contributed by atoms with van der Waals surface area (Å²) in [6.45, 7) is 10.9. The quantitative estimate of drug-likeness (QED) is 0.478. The topological polar surface area (TPSA) is 47.5 Å². The maximum atomic E-state index is 13.8. The first kappa shape index (κ1) is 24.9. The molecule has 1 aliphatic heterocycles. The van der Waals surface area contributed by atoms with Gasteiger partial charge in [-0.05, 0) is 37.2 Å². The van der Waals surface area contributed by atoms with Crippen molar-refractivity contribution in [2.45, 2.75) is 66.7 Å². The number of likely N-dealkylation sites (tertiary alicyclic amines) is 1. The lowest BCUT2D eigenvalue weighted by Crippen LogP contribution is -2.47. The van der Waals surface area contributed by atoms with Crippen molar-refractivity contribution in [2.75, 3.05) is 19.7 Å². The standard InChI is InChI=1S/C23H32F3N3O2S/c1-6-7-30-17-8-15(23(3,4)5)11-29(12-17)13-19-14(2)28-21(32-19)18-9-16(24)10-27-20(18)31-22(25)26/h9-10,15,17,22H,6-8,11-13H2,1-5H3. The van der Waals surface area contributed by atoms with E-state index in [4.69, 9.17) is 4.74 Å². The Morgan fingerprint density at radius 1 is 1.28 bits per heavy atom. The van der Waals surface area contributed by atoms with Crippen LogP contribution in [-0.2, 0) is 11.3 Å². The Hall–Kier alpha value is -1.71. The lowest BCUT2D eigenvalue weighted by Gasteiger charge is -2.43. The number of aromatic nitrogens is 2. The molecule has 0 saturated carbocycles. The zero-order valence-corrected chi connectivity index (χ0v) is 20.1. The molecule has 178 valence electrons. The fraction of sp³-hybridized carbons (Fsp3) is 0.652. The van der Waals surface area contributed by atoms with Crippen molar-refractivity contribution in [3.05, 3.63) is 28.7 Å². The van der Waals surface area contributed by atoms with Gasteiger partial charge in [0.25, 0.3) is 0 Å². The van der Waals surface area contributed by atoms with E-state index in [9.17, 15) is 13.2 Å². The lowest BCUT2D eigenvalue weighted by molar-refractivity contribution is -0.0525. The third-order valence-electron chi connectivity index (χ3n) is 5.78. The summed E-state index contributed by atoms with van der Waals surface area (Å²) in [6, 6.07) is 1.14. The Morgan fingerprint density at radius 3 is 2.69 bits per heavy atom. The fourth-order valence-electron chi connectivity index (χ4n) is 3.95. The molecule has 0 N–H and O–H groups in total. The largest absolute Gasteiger partial charge is 0.416 e. The predicted molar refractivity (Wildman–Crippen MR) is 120 cm³/mol. The van der Waals surface area contributed by atoms with E-state index in [0.29, 0.717) is 17.5 Å². The highest BCUT2D eigenvalue weighted by Gasteiger charge is 2.35. The van der Waals surface area contributed by atoms with Gasteiger partial charge in [0.15, 0.2) is 0 Å². The number of aryl methyl sites for hydroxylation is 1. The van der Waals surface area contributed by atoms with E-state index >= 15 is 0 Å². The van der Waals surface area contributed by atoms with E-state index in [1.165, 1.54) is 11.3 Å². The molecule has 5 nitrogen and oxygen atoms in total. The second-order valence-electron chi connectivity index (χ2n) is 9.40. The van der Waals surface area contributed by atoms with Gasteiger partial charge in [-0.15, -0.1) is 11.3 Å². The van der Waals surface area contributed by atoms with Gasteiger partial charge < -0.3 is 9.47 Å². The summed E-state index contributed by atoms with van der Waals surface area (Å²) < 4.78 is 49.9. The number of piperidine rings is 1. The highest BCUT2D eigenvalue weighted by Crippen LogP contribution is 2.37. The van der Waals surface area contributed by atoms with Crippen molar-refractivity contribution in [1.82, 2.24) is 14.9 Å². The number of hydrogen-bond acceptors (Lipinski definition) is 6. The second-order valence-corrected chi connectivity index (χ2v) is 10.5. The van der Waals surface area contributed by atoms with Crippen LogP contribution in [0.3, 0.4) is 0 Å². The van der Waals surface area contributed by atoms with Crippen LogP contribution in [0.5, 0.6) is 5.88 Å². The number of thiazole rings is 1. The maximum Gasteiger partial charge on any atom is 0.388 e. The minimum absolute atomic E-state index is 0.139. The number of ether oxygens (including phenoxy) is 2. The summed E-state index contributed by atoms with van der Waals surface area (Å²) >= 11 is 1.36. The smallest absolute Gasteiger partial charge is 0.388 e. The second kappa shape index (κ2) is 10.5. The molecule has 0 aliphatic carbocycles. The molecule has 2 atom stereocenters. The van der Waals surface area contributed by atoms with Gasteiger partial charge in [0.1, 0.15) is 10.8 Å². The van der Waals surface area contributed by atoms with Crippen molar-refractivity contribution < 1.29 is 22.6 Å². The van der Waals surface area contributed by atoms with Crippen molar-refractivity contribution in [3.63, 3.8) is 0 Å². The number of hydrogen-bond donors (Lipinski definition) is 0. The molecule has 2 aromatic rings. The van der Waals surface area contributed by atoms with Crippen LogP contribution in [0.2, 0.25) is 0 Å². The Bertz CT molecular complexity index is 901. The zero-order chi connectivity index (χ0) is 23.5. The fourth-order valence-corrected chi connectivity index (χ4v) is 5.07. The Labute approximate surface area is 192 Å². The molecule has 1 saturated heterocycles. The molecule has 32 heavy (non-hydrogen) atoms. The van der Waals surface area contributed by atoms with E-state index in [0.717, 1.165) is 55.4 Å². The molecular formula is C23H32F3N3O2S. The van der Waals surface area contributed by atoms with Crippen LogP contribution in [-0.4, -0.2) is 47.3 Å². The van der Waals surface area contributed by atoms with Crippen LogP contribution in [0.25, 0.3) is 10.6 Å². The molecular weight excluding hydrogens is 439 g/mol. The SMILES string of the molecule is CCCOC1CC(C(C)(C)C)CN(Cc2sc(-c3cc(F)cnc3OC(F)F)nc2C)C1. The lowest BCUT2D eigenvalue weighted by atomic mass is 9.75. The van der Waals surface area contributed by atoms with Gasteiger partial charge in [0.05, 0.1) is 23.6 Å². The van der Waals surface area contributed by atoms with Crippen molar-refractivity contribution in [1.29, 1.82) is 0 Å². The first-order chi connectivity index (χ1) is 15.1. The van der Waals surface area contributed by atoms with Crippen LogP contribution < -0.4 is 4.74 Å². The van der Waals surface area contributed by atoms with Crippen molar-refractivity contribution in [3.8, 4) is 16.5 Å². The number of rotatable bonds is 8. The van der Waals surface area contributed by atoms with E-state index in [-0.39, 0.29) is 23.0 Å². The molecule has 3 heterocycles. The van der Waals surface area contributed by atoms with Crippen LogP contribution in [0, 0.1) is 24.1 Å². The first-order valence-corrected chi connectivity index (χ1v) is 11.8. The molecule has 1 fully saturated rings. The average molecular weight is 472 g/mol. The Kier molecular flexibility index (Phi) is 8.16. The van der Waals surface area contributed by atoms with Crippen LogP contribution in [0.1, 0.15) is 51.1 Å². The summed E-state index contributed by atoms with van der Waals surface area (Å²) in [5.74, 6) is -0.458. The van der Waals surface area contributed by atoms with Gasteiger partial charge in [-0.25, -0.2) is 14.4 Å². The molecule has 3 rings (SSSR count). The first-order valence-electron chi connectivity index (χ1n) is 11.0. The highest BCUT2D eigenvalue weighted by atomic mass is 32.1. The van der Waals surface area contributed by atoms with Gasteiger partial charge in [-0.3, -0.25) is 4.90 Å². The Balaban J connectivity index is 1.82. The normalized spacial score (nSPS) is 20.2. The van der Waals surface area contributed by atoms with Gasteiger partial charge in [-0.1, -0.05) is 27.7 Å². The zero-order valence-electron chi connectivity index (χ0n) is 19.3. The highest BCUT2D eigenvalue weighted by molar-refractivity contribution is 7.15. The number of halogens is 3. The van der Waals surface area contributed by atoms with Crippen LogP contribution in [0.15, 0.2) is 12.3 Å². The van der Waals surface area contributed by atoms with Crippen LogP contribution in [0.4, 0.5) is 13.2 Å². The summed E-state index contributed by atoms with van der Waals surface area (Å²) in [7, 11) is 0. The molecule has 2 aromatic heterocycles. The summed E-state index contributed by atoms with van der Waals surface area (Å²) in [5, 5.41) is 0.420. The minimum atomic E-state index is -3.05. The summed E-state index contributed by atoms with van der Waals surface area (Å²) in [4.78, 5) is 11.6.